The zero-order valence-electron chi connectivity index (χ0n) is 15.0. The van der Waals surface area contributed by atoms with Gasteiger partial charge < -0.3 is 15.2 Å². The van der Waals surface area contributed by atoms with Crippen LogP contribution in [0.15, 0.2) is 12.1 Å². The lowest BCUT2D eigenvalue weighted by Crippen LogP contribution is -2.59. The van der Waals surface area contributed by atoms with E-state index in [1.54, 1.807) is 4.90 Å². The lowest BCUT2D eigenvalue weighted by atomic mass is 9.98. The summed E-state index contributed by atoms with van der Waals surface area (Å²) in [6.45, 7) is 11.1. The van der Waals surface area contributed by atoms with Gasteiger partial charge in [-0.05, 0) is 43.4 Å². The second-order valence-electron chi connectivity index (χ2n) is 7.05. The van der Waals surface area contributed by atoms with E-state index in [-0.39, 0.29) is 17.7 Å². The monoisotopic (exact) mass is 327 g/mol. The van der Waals surface area contributed by atoms with Crippen LogP contribution in [-0.2, 0) is 4.79 Å². The molecule has 2 heterocycles. The molecule has 1 aliphatic heterocycles. The molecular weight excluding hydrogens is 302 g/mol. The van der Waals surface area contributed by atoms with Gasteiger partial charge in [-0.2, -0.15) is 0 Å². The van der Waals surface area contributed by atoms with Crippen LogP contribution in [0.3, 0.4) is 0 Å². The summed E-state index contributed by atoms with van der Waals surface area (Å²) in [5.74, 6) is -0.0795. The molecule has 24 heavy (non-hydrogen) atoms. The van der Waals surface area contributed by atoms with Crippen molar-refractivity contribution in [3.63, 3.8) is 0 Å². The Morgan fingerprint density at radius 2 is 1.88 bits per heavy atom. The molecule has 2 N–H and O–H groups in total. The van der Waals surface area contributed by atoms with Crippen LogP contribution in [0.1, 0.15) is 41.0 Å². The van der Waals surface area contributed by atoms with Crippen molar-refractivity contribution in [3.05, 3.63) is 34.5 Å². The third-order valence-electron chi connectivity index (χ3n) is 4.98. The first kappa shape index (κ1) is 16.6. The Bertz CT molecular complexity index is 820. The van der Waals surface area contributed by atoms with Gasteiger partial charge in [0.2, 0.25) is 5.91 Å². The van der Waals surface area contributed by atoms with Crippen molar-refractivity contribution < 1.29 is 9.59 Å². The third kappa shape index (κ3) is 2.48. The van der Waals surface area contributed by atoms with Crippen LogP contribution in [0.2, 0.25) is 0 Å². The van der Waals surface area contributed by atoms with Gasteiger partial charge in [0.25, 0.3) is 5.91 Å². The van der Waals surface area contributed by atoms with Gasteiger partial charge >= 0.3 is 0 Å². The van der Waals surface area contributed by atoms with E-state index >= 15 is 0 Å². The molecule has 1 aromatic carbocycles. The zero-order valence-corrected chi connectivity index (χ0v) is 15.0. The molecule has 2 aromatic rings. The number of hydrogen-bond acceptors (Lipinski definition) is 2. The van der Waals surface area contributed by atoms with Gasteiger partial charge in [-0.3, -0.25) is 9.59 Å². The molecule has 0 bridgehead atoms. The highest BCUT2D eigenvalue weighted by Gasteiger charge is 2.36. The summed E-state index contributed by atoms with van der Waals surface area (Å²) in [5.41, 5.74) is 4.85. The molecule has 3 rings (SSSR count). The van der Waals surface area contributed by atoms with Crippen molar-refractivity contribution in [2.45, 2.75) is 40.7 Å². The lowest BCUT2D eigenvalue weighted by molar-refractivity contribution is -0.129. The maximum absolute atomic E-state index is 13.2. The lowest BCUT2D eigenvalue weighted by Gasteiger charge is -2.37. The smallest absolute Gasteiger partial charge is 0.271 e. The predicted molar refractivity (Wildman–Crippen MR) is 95.2 cm³/mol. The van der Waals surface area contributed by atoms with E-state index in [0.717, 1.165) is 27.6 Å². The summed E-state index contributed by atoms with van der Waals surface area (Å²) in [7, 11) is 0. The number of hydrogen-bond donors (Lipinski definition) is 2. The molecule has 2 amide bonds. The Morgan fingerprint density at radius 3 is 2.50 bits per heavy atom. The average molecular weight is 327 g/mol. The highest BCUT2D eigenvalue weighted by atomic mass is 16.2. The molecule has 1 aromatic heterocycles. The molecule has 128 valence electrons. The fraction of sp³-hybridized carbons (Fsp3) is 0.474. The maximum Gasteiger partial charge on any atom is 0.271 e. The normalized spacial score (nSPS) is 18.3. The van der Waals surface area contributed by atoms with E-state index in [1.165, 1.54) is 0 Å². The first-order valence-electron chi connectivity index (χ1n) is 8.50. The minimum atomic E-state index is -0.417. The number of nitrogens with one attached hydrogen (secondary N) is 2. The van der Waals surface area contributed by atoms with E-state index in [1.807, 2.05) is 27.7 Å². The fourth-order valence-electron chi connectivity index (χ4n) is 3.73. The molecule has 1 fully saturated rings. The standard InChI is InChI=1S/C19H25N3O2/c1-10(2)17-18(23)20-8-9-22(17)19(24)16-13(5)14-11(3)6-7-12(4)15(14)21-16/h6-7,10,17,21H,8-9H2,1-5H3,(H,20,23)/t17-/m0/s1. The molecular formula is C19H25N3O2. The Balaban J connectivity index is 2.08. The van der Waals surface area contributed by atoms with Gasteiger partial charge in [0.05, 0.1) is 0 Å². The van der Waals surface area contributed by atoms with Crippen molar-refractivity contribution >= 4 is 22.7 Å². The van der Waals surface area contributed by atoms with Crippen molar-refractivity contribution in [2.24, 2.45) is 5.92 Å². The third-order valence-corrected chi connectivity index (χ3v) is 4.98. The van der Waals surface area contributed by atoms with E-state index in [2.05, 4.69) is 29.4 Å². The van der Waals surface area contributed by atoms with Crippen LogP contribution in [0.4, 0.5) is 0 Å². The number of aryl methyl sites for hydroxylation is 3. The first-order chi connectivity index (χ1) is 11.3. The van der Waals surface area contributed by atoms with Crippen LogP contribution < -0.4 is 5.32 Å². The number of fused-ring (bicyclic) bond motifs is 1. The largest absolute Gasteiger partial charge is 0.353 e. The number of carbonyl (C=O) groups excluding carboxylic acids is 2. The van der Waals surface area contributed by atoms with Gasteiger partial charge in [0.1, 0.15) is 11.7 Å². The highest BCUT2D eigenvalue weighted by molar-refractivity contribution is 6.04. The number of aromatic nitrogens is 1. The number of aromatic amines is 1. The van der Waals surface area contributed by atoms with Crippen LogP contribution >= 0.6 is 0 Å². The molecule has 0 aliphatic carbocycles. The number of H-pyrrole nitrogens is 1. The van der Waals surface area contributed by atoms with E-state index < -0.39 is 6.04 Å². The van der Waals surface area contributed by atoms with Crippen LogP contribution in [0.25, 0.3) is 10.9 Å². The maximum atomic E-state index is 13.2. The predicted octanol–water partition coefficient (Wildman–Crippen LogP) is 2.69. The molecule has 0 saturated carbocycles. The Hall–Kier alpha value is -2.30. The molecule has 1 atom stereocenters. The quantitative estimate of drug-likeness (QED) is 0.891. The van der Waals surface area contributed by atoms with Gasteiger partial charge in [-0.1, -0.05) is 26.0 Å². The van der Waals surface area contributed by atoms with Crippen LogP contribution in [0.5, 0.6) is 0 Å². The molecule has 0 spiro atoms. The Labute approximate surface area is 142 Å². The molecule has 1 aliphatic rings. The van der Waals surface area contributed by atoms with Crippen molar-refractivity contribution in [2.75, 3.05) is 13.1 Å². The van der Waals surface area contributed by atoms with E-state index in [4.69, 9.17) is 0 Å². The summed E-state index contributed by atoms with van der Waals surface area (Å²) < 4.78 is 0. The van der Waals surface area contributed by atoms with Gasteiger partial charge in [-0.15, -0.1) is 0 Å². The van der Waals surface area contributed by atoms with Crippen molar-refractivity contribution in [1.29, 1.82) is 0 Å². The molecule has 5 heteroatoms. The summed E-state index contributed by atoms with van der Waals surface area (Å²) in [5, 5.41) is 3.98. The van der Waals surface area contributed by atoms with Crippen LogP contribution in [-0.4, -0.2) is 40.8 Å². The molecule has 1 saturated heterocycles. The Morgan fingerprint density at radius 1 is 1.21 bits per heavy atom. The number of piperazine rings is 1. The van der Waals surface area contributed by atoms with Gasteiger partial charge in [-0.25, -0.2) is 0 Å². The first-order valence-corrected chi connectivity index (χ1v) is 8.50. The minimum Gasteiger partial charge on any atom is -0.353 e. The van der Waals surface area contributed by atoms with Crippen molar-refractivity contribution in [3.8, 4) is 0 Å². The van der Waals surface area contributed by atoms with Crippen LogP contribution in [0, 0.1) is 26.7 Å². The summed E-state index contributed by atoms with van der Waals surface area (Å²) in [4.78, 5) is 30.5. The second-order valence-corrected chi connectivity index (χ2v) is 7.05. The number of nitrogens with zero attached hydrogens (tertiary/aromatic N) is 1. The average Bonchev–Trinajstić information content (AvgIpc) is 2.88. The highest BCUT2D eigenvalue weighted by Crippen LogP contribution is 2.29. The summed E-state index contributed by atoms with van der Waals surface area (Å²) in [6, 6.07) is 3.73. The molecule has 0 unspecified atom stereocenters. The van der Waals surface area contributed by atoms with Crippen molar-refractivity contribution in [1.82, 2.24) is 15.2 Å². The molecule has 0 radical (unpaired) electrons. The van der Waals surface area contributed by atoms with E-state index in [9.17, 15) is 9.59 Å². The van der Waals surface area contributed by atoms with Gasteiger partial charge in [0, 0.05) is 24.0 Å². The summed E-state index contributed by atoms with van der Waals surface area (Å²) in [6.07, 6.45) is 0. The number of rotatable bonds is 2. The number of amides is 2. The van der Waals surface area contributed by atoms with E-state index in [0.29, 0.717) is 18.8 Å². The topological polar surface area (TPSA) is 65.2 Å². The SMILES string of the molecule is Cc1ccc(C)c2c(C)c(C(=O)N3CCNC(=O)[C@@H]3C(C)C)[nH]c12. The number of benzene rings is 1. The fourth-order valence-corrected chi connectivity index (χ4v) is 3.73. The van der Waals surface area contributed by atoms with Gasteiger partial charge in [0.15, 0.2) is 0 Å². The zero-order chi connectivity index (χ0) is 17.6. The number of carbonyl (C=O) groups is 2. The Kier molecular flexibility index (Phi) is 4.11. The molecule has 5 nitrogen and oxygen atoms in total. The minimum absolute atomic E-state index is 0.0641. The second kappa shape index (κ2) is 5.96. The summed E-state index contributed by atoms with van der Waals surface area (Å²) >= 11 is 0.